The molecular formula is C17H14BrN3O. The minimum atomic E-state index is -0.205. The molecule has 0 saturated carbocycles. The molecule has 0 spiro atoms. The van der Waals surface area contributed by atoms with Gasteiger partial charge in [-0.25, -0.2) is 5.10 Å². The minimum absolute atomic E-state index is 0.205. The summed E-state index contributed by atoms with van der Waals surface area (Å²) in [5, 5.41) is 9.87. The van der Waals surface area contributed by atoms with Gasteiger partial charge >= 0.3 is 0 Å². The van der Waals surface area contributed by atoms with Gasteiger partial charge in [0.2, 0.25) is 0 Å². The molecule has 0 unspecified atom stereocenters. The average Bonchev–Trinajstić information content (AvgIpc) is 2.55. The van der Waals surface area contributed by atoms with Gasteiger partial charge in [-0.3, -0.25) is 4.79 Å². The molecule has 1 aromatic heterocycles. The molecule has 3 aromatic rings. The van der Waals surface area contributed by atoms with Crippen molar-refractivity contribution in [1.29, 1.82) is 0 Å². The first-order chi connectivity index (χ1) is 10.7. The van der Waals surface area contributed by atoms with Crippen LogP contribution in [-0.4, -0.2) is 10.2 Å². The summed E-state index contributed by atoms with van der Waals surface area (Å²) in [6.07, 6.45) is 0. The van der Waals surface area contributed by atoms with Gasteiger partial charge < -0.3 is 5.32 Å². The van der Waals surface area contributed by atoms with E-state index in [1.54, 1.807) is 6.07 Å². The Kier molecular flexibility index (Phi) is 4.34. The lowest BCUT2D eigenvalue weighted by molar-refractivity contribution is 0.995. The first-order valence-corrected chi connectivity index (χ1v) is 7.65. The van der Waals surface area contributed by atoms with Crippen molar-refractivity contribution in [1.82, 2.24) is 10.2 Å². The van der Waals surface area contributed by atoms with Gasteiger partial charge in [-0.05, 0) is 39.7 Å². The number of H-pyrrole nitrogens is 1. The fraction of sp³-hybridized carbons (Fsp3) is 0.0588. The molecule has 0 aliphatic rings. The molecule has 5 heteroatoms. The normalized spacial score (nSPS) is 10.4. The van der Waals surface area contributed by atoms with E-state index in [4.69, 9.17) is 0 Å². The Hall–Kier alpha value is -2.40. The molecule has 3 rings (SSSR count). The molecule has 0 bridgehead atoms. The number of benzene rings is 2. The summed E-state index contributed by atoms with van der Waals surface area (Å²) in [6, 6.07) is 19.3. The number of hydrogen-bond donors (Lipinski definition) is 2. The van der Waals surface area contributed by atoms with E-state index in [9.17, 15) is 4.79 Å². The van der Waals surface area contributed by atoms with Crippen LogP contribution in [0.1, 0.15) is 5.56 Å². The largest absolute Gasteiger partial charge is 0.380 e. The van der Waals surface area contributed by atoms with Crippen LogP contribution in [-0.2, 0) is 6.54 Å². The average molecular weight is 356 g/mol. The van der Waals surface area contributed by atoms with Crippen LogP contribution in [0.15, 0.2) is 69.9 Å². The molecule has 1 heterocycles. The molecular weight excluding hydrogens is 342 g/mol. The van der Waals surface area contributed by atoms with Crippen LogP contribution in [0.3, 0.4) is 0 Å². The predicted molar refractivity (Wildman–Crippen MR) is 91.8 cm³/mol. The molecule has 22 heavy (non-hydrogen) atoms. The molecule has 0 aliphatic heterocycles. The number of aromatic amines is 1. The molecule has 0 atom stereocenters. The van der Waals surface area contributed by atoms with Crippen molar-refractivity contribution >= 4 is 21.6 Å². The topological polar surface area (TPSA) is 57.8 Å². The van der Waals surface area contributed by atoms with Crippen molar-refractivity contribution in [3.8, 4) is 11.3 Å². The van der Waals surface area contributed by atoms with Crippen LogP contribution in [0.25, 0.3) is 11.3 Å². The Labute approximate surface area is 136 Å². The first kappa shape index (κ1) is 14.5. The summed E-state index contributed by atoms with van der Waals surface area (Å²) in [7, 11) is 0. The van der Waals surface area contributed by atoms with Crippen molar-refractivity contribution in [2.75, 3.05) is 5.32 Å². The fourth-order valence-corrected chi connectivity index (χ4v) is 2.64. The second kappa shape index (κ2) is 6.58. The summed E-state index contributed by atoms with van der Waals surface area (Å²) in [5.41, 5.74) is 3.70. The van der Waals surface area contributed by atoms with Gasteiger partial charge in [0.05, 0.1) is 5.69 Å². The molecule has 110 valence electrons. The molecule has 0 amide bonds. The van der Waals surface area contributed by atoms with E-state index in [-0.39, 0.29) is 5.56 Å². The van der Waals surface area contributed by atoms with Gasteiger partial charge in [0.15, 0.2) is 0 Å². The zero-order valence-corrected chi connectivity index (χ0v) is 13.3. The zero-order valence-electron chi connectivity index (χ0n) is 11.7. The second-order valence-corrected chi connectivity index (χ2v) is 5.69. The Morgan fingerprint density at radius 2 is 1.86 bits per heavy atom. The lowest BCUT2D eigenvalue weighted by Crippen LogP contribution is -2.05. The maximum atomic E-state index is 11.1. The van der Waals surface area contributed by atoms with Crippen LogP contribution in [0, 0.1) is 0 Å². The van der Waals surface area contributed by atoms with Crippen LogP contribution in [0.5, 0.6) is 0 Å². The first-order valence-electron chi connectivity index (χ1n) is 6.86. The molecule has 0 aliphatic carbocycles. The molecule has 0 fully saturated rings. The summed E-state index contributed by atoms with van der Waals surface area (Å²) >= 11 is 3.57. The monoisotopic (exact) mass is 355 g/mol. The van der Waals surface area contributed by atoms with Gasteiger partial charge in [-0.1, -0.05) is 36.4 Å². The number of aromatic nitrogens is 2. The molecule has 4 nitrogen and oxygen atoms in total. The minimum Gasteiger partial charge on any atom is -0.380 e. The number of rotatable bonds is 4. The number of halogens is 1. The Morgan fingerprint density at radius 3 is 2.55 bits per heavy atom. The predicted octanol–water partition coefficient (Wildman–Crippen LogP) is 3.81. The van der Waals surface area contributed by atoms with E-state index >= 15 is 0 Å². The van der Waals surface area contributed by atoms with Gasteiger partial charge in [-0.2, -0.15) is 5.10 Å². The SMILES string of the molecule is O=c1ccc(-c2ccc(NCc3ccccc3)c(Br)c2)n[nH]1. The molecule has 0 saturated heterocycles. The highest BCUT2D eigenvalue weighted by molar-refractivity contribution is 9.10. The third kappa shape index (κ3) is 3.43. The molecule has 0 radical (unpaired) electrons. The number of nitrogens with zero attached hydrogens (tertiary/aromatic N) is 1. The summed E-state index contributed by atoms with van der Waals surface area (Å²) < 4.78 is 0.953. The van der Waals surface area contributed by atoms with Crippen molar-refractivity contribution in [3.05, 3.63) is 81.1 Å². The highest BCUT2D eigenvalue weighted by Gasteiger charge is 2.04. The van der Waals surface area contributed by atoms with Crippen LogP contribution in [0.4, 0.5) is 5.69 Å². The standard InChI is InChI=1S/C17H14BrN3O/c18-14-10-13(15-8-9-17(22)21-20-15)6-7-16(14)19-11-12-4-2-1-3-5-12/h1-10,19H,11H2,(H,21,22). The van der Waals surface area contributed by atoms with E-state index in [0.29, 0.717) is 0 Å². The van der Waals surface area contributed by atoms with E-state index in [0.717, 1.165) is 28.0 Å². The summed E-state index contributed by atoms with van der Waals surface area (Å²) in [5.74, 6) is 0. The van der Waals surface area contributed by atoms with Crippen LogP contribution in [0.2, 0.25) is 0 Å². The molecule has 2 N–H and O–H groups in total. The van der Waals surface area contributed by atoms with E-state index in [1.165, 1.54) is 11.6 Å². The maximum absolute atomic E-state index is 11.1. The highest BCUT2D eigenvalue weighted by atomic mass is 79.9. The van der Waals surface area contributed by atoms with Crippen molar-refractivity contribution in [2.45, 2.75) is 6.54 Å². The maximum Gasteiger partial charge on any atom is 0.264 e. The van der Waals surface area contributed by atoms with Crippen molar-refractivity contribution in [2.24, 2.45) is 0 Å². The van der Waals surface area contributed by atoms with Crippen molar-refractivity contribution in [3.63, 3.8) is 0 Å². The quantitative estimate of drug-likeness (QED) is 0.747. The second-order valence-electron chi connectivity index (χ2n) is 4.84. The van der Waals surface area contributed by atoms with Crippen molar-refractivity contribution < 1.29 is 0 Å². The Bertz CT molecular complexity index is 810. The van der Waals surface area contributed by atoms with E-state index < -0.39 is 0 Å². The van der Waals surface area contributed by atoms with E-state index in [1.807, 2.05) is 36.4 Å². The summed E-state index contributed by atoms with van der Waals surface area (Å²) in [6.45, 7) is 0.760. The third-order valence-electron chi connectivity index (χ3n) is 3.27. The smallest absolute Gasteiger partial charge is 0.264 e. The van der Waals surface area contributed by atoms with Gasteiger partial charge in [0.1, 0.15) is 0 Å². The van der Waals surface area contributed by atoms with E-state index in [2.05, 4.69) is 43.6 Å². The van der Waals surface area contributed by atoms with Crippen LogP contribution >= 0.6 is 15.9 Å². The molecule has 2 aromatic carbocycles. The Morgan fingerprint density at radius 1 is 1.05 bits per heavy atom. The summed E-state index contributed by atoms with van der Waals surface area (Å²) in [4.78, 5) is 11.1. The lowest BCUT2D eigenvalue weighted by Gasteiger charge is -2.10. The highest BCUT2D eigenvalue weighted by Crippen LogP contribution is 2.28. The fourth-order valence-electron chi connectivity index (χ4n) is 2.12. The van der Waals surface area contributed by atoms with Gasteiger partial charge in [-0.15, -0.1) is 0 Å². The van der Waals surface area contributed by atoms with Crippen LogP contribution < -0.4 is 10.9 Å². The number of hydrogen-bond acceptors (Lipinski definition) is 3. The zero-order chi connectivity index (χ0) is 15.4. The third-order valence-corrected chi connectivity index (χ3v) is 3.93. The van der Waals surface area contributed by atoms with Gasteiger partial charge in [0.25, 0.3) is 5.56 Å². The number of anilines is 1. The van der Waals surface area contributed by atoms with Gasteiger partial charge in [0, 0.05) is 28.3 Å². The lowest BCUT2D eigenvalue weighted by atomic mass is 10.1. The Balaban J connectivity index is 1.77. The number of nitrogens with one attached hydrogen (secondary N) is 2.